The van der Waals surface area contributed by atoms with Gasteiger partial charge in [0, 0.05) is 50.4 Å². The molecule has 2 aliphatic rings. The zero-order valence-corrected chi connectivity index (χ0v) is 42.3. The maximum atomic E-state index is 14.4. The smallest absolute Gasteiger partial charge is 0.259 e. The molecule has 386 valence electrons. The highest BCUT2D eigenvalue weighted by atomic mass is 19.1. The summed E-state index contributed by atoms with van der Waals surface area (Å²) < 4.78 is 33.7. The minimum Gasteiger partial charge on any atom is -0.489 e. The van der Waals surface area contributed by atoms with Crippen LogP contribution >= 0.6 is 0 Å². The Morgan fingerprint density at radius 2 is 1.72 bits per heavy atom. The summed E-state index contributed by atoms with van der Waals surface area (Å²) in [6.07, 6.45) is 3.81. The van der Waals surface area contributed by atoms with E-state index < -0.39 is 35.5 Å². The van der Waals surface area contributed by atoms with E-state index in [1.807, 2.05) is 71.9 Å². The highest BCUT2D eigenvalue weighted by Gasteiger charge is 2.45. The van der Waals surface area contributed by atoms with Crippen LogP contribution in [0.3, 0.4) is 0 Å². The molecule has 0 radical (unpaired) electrons. The SMILES string of the molecule is CC[C@@H](NC(=O)[C@@H]1C[C@H](NCCOCCOCCC(=O)NCCN2C[C@H](C)Oc3ccc(F)cc3C(C)Nc3ccn4ncc(c4n3)C2=O)CN1C(=O)C(NC(=O)[C@H](C)NC)C(C)(C)C)c1ccccc1. The van der Waals surface area contributed by atoms with Crippen LogP contribution in [-0.4, -0.2) is 150 Å². The van der Waals surface area contributed by atoms with E-state index in [4.69, 9.17) is 14.2 Å². The van der Waals surface area contributed by atoms with Gasteiger partial charge in [-0.1, -0.05) is 58.0 Å². The van der Waals surface area contributed by atoms with Crippen LogP contribution in [0.4, 0.5) is 10.2 Å². The normalized spacial score (nSPS) is 19.6. The second-order valence-electron chi connectivity index (χ2n) is 19.3. The molecule has 2 aromatic heterocycles. The standard InChI is InChI=1S/C51H72FN11O8/c1-9-40(35-13-11-10-12-14-35)58-48(66)41-28-37(31-62(41)50(68)45(51(5,6)7)60-47(65)34(4)53-8)54-20-24-70-26-25-69-23-18-44(64)55-19-22-61-30-32(2)71-42-16-15-36(52)27-38(42)33(3)57-43-17-21-63-46(59-43)39(29-56-63)49(61)67/h10-17,21,27,29,32-34,37,40-41,45,53-54H,9,18-20,22-26,28,30-31H2,1-8H3,(H,55,64)(H,57,59)(H,58,66)(H,60,65)/t32-,33?,34-,37-,40+,41-,45?/m0/s1. The van der Waals surface area contributed by atoms with E-state index in [1.54, 1.807) is 42.1 Å². The Morgan fingerprint density at radius 1 is 0.972 bits per heavy atom. The molecular formula is C51H72FN11O8. The molecule has 5 amide bonds. The summed E-state index contributed by atoms with van der Waals surface area (Å²) in [4.78, 5) is 76.1. The van der Waals surface area contributed by atoms with Crippen molar-refractivity contribution in [1.29, 1.82) is 0 Å². The molecule has 1 saturated heterocycles. The van der Waals surface area contributed by atoms with Gasteiger partial charge >= 0.3 is 0 Å². The molecule has 2 bridgehead atoms. The van der Waals surface area contributed by atoms with E-state index >= 15 is 0 Å². The van der Waals surface area contributed by atoms with Gasteiger partial charge in [0.05, 0.1) is 57.3 Å². The number of anilines is 1. The first kappa shape index (κ1) is 54.1. The number of amides is 5. The average molecular weight is 986 g/mol. The van der Waals surface area contributed by atoms with Gasteiger partial charge in [-0.15, -0.1) is 0 Å². The van der Waals surface area contributed by atoms with Crippen molar-refractivity contribution >= 4 is 41.0 Å². The molecule has 1 fully saturated rings. The number of carbonyl (C=O) groups excluding carboxylic acids is 5. The molecule has 6 N–H and O–H groups in total. The van der Waals surface area contributed by atoms with Crippen molar-refractivity contribution in [3.05, 3.63) is 89.5 Å². The van der Waals surface area contributed by atoms with E-state index in [0.717, 1.165) is 5.56 Å². The van der Waals surface area contributed by atoms with E-state index in [9.17, 15) is 28.4 Å². The summed E-state index contributed by atoms with van der Waals surface area (Å²) in [6, 6.07) is 12.8. The van der Waals surface area contributed by atoms with Crippen LogP contribution in [0.5, 0.6) is 5.75 Å². The summed E-state index contributed by atoms with van der Waals surface area (Å²) in [5, 5.41) is 23.0. The summed E-state index contributed by atoms with van der Waals surface area (Å²) in [7, 11) is 1.68. The largest absolute Gasteiger partial charge is 0.489 e. The van der Waals surface area contributed by atoms with E-state index in [-0.39, 0.29) is 106 Å². The Balaban J connectivity index is 0.946. The van der Waals surface area contributed by atoms with Crippen molar-refractivity contribution in [3.8, 4) is 5.75 Å². The van der Waals surface area contributed by atoms with Crippen molar-refractivity contribution in [2.45, 2.75) is 110 Å². The lowest BCUT2D eigenvalue weighted by molar-refractivity contribution is -0.144. The molecule has 71 heavy (non-hydrogen) atoms. The topological polar surface area (TPSA) is 222 Å². The lowest BCUT2D eigenvalue weighted by Gasteiger charge is -2.36. The molecular weight excluding hydrogens is 914 g/mol. The van der Waals surface area contributed by atoms with Gasteiger partial charge in [-0.05, 0) is 75.9 Å². The second kappa shape index (κ2) is 25.2. The maximum Gasteiger partial charge on any atom is 0.259 e. The molecule has 2 aromatic carbocycles. The predicted octanol–water partition coefficient (Wildman–Crippen LogP) is 3.77. The number of carbonyl (C=O) groups is 5. The van der Waals surface area contributed by atoms with Gasteiger partial charge in [-0.3, -0.25) is 24.0 Å². The minimum absolute atomic E-state index is 0.0958. The van der Waals surface area contributed by atoms with E-state index in [0.29, 0.717) is 48.8 Å². The quantitative estimate of drug-likeness (QED) is 0.0656. The molecule has 19 nitrogen and oxygen atoms in total. The molecule has 2 unspecified atom stereocenters. The van der Waals surface area contributed by atoms with Crippen LogP contribution in [0, 0.1) is 11.2 Å². The van der Waals surface area contributed by atoms with E-state index in [2.05, 4.69) is 42.0 Å². The second-order valence-corrected chi connectivity index (χ2v) is 19.3. The molecule has 0 aliphatic carbocycles. The number of likely N-dealkylation sites (tertiary alicyclic amines) is 1. The molecule has 20 heteroatoms. The molecule has 7 atom stereocenters. The summed E-state index contributed by atoms with van der Waals surface area (Å²) in [5.41, 5.74) is 1.58. The Labute approximate surface area is 415 Å². The first-order chi connectivity index (χ1) is 34.0. The minimum atomic E-state index is -0.868. The third kappa shape index (κ3) is 14.7. The predicted molar refractivity (Wildman–Crippen MR) is 266 cm³/mol. The van der Waals surface area contributed by atoms with Crippen LogP contribution in [0.1, 0.15) is 101 Å². The van der Waals surface area contributed by atoms with Crippen molar-refractivity contribution in [3.63, 3.8) is 0 Å². The van der Waals surface area contributed by atoms with Crippen LogP contribution in [-0.2, 0) is 28.7 Å². The molecule has 0 saturated carbocycles. The number of hydrogen-bond acceptors (Lipinski definition) is 13. The number of halogens is 1. The number of nitrogens with zero attached hydrogens (tertiary/aromatic N) is 5. The summed E-state index contributed by atoms with van der Waals surface area (Å²) >= 11 is 0. The van der Waals surface area contributed by atoms with Gasteiger partial charge in [0.15, 0.2) is 5.65 Å². The average Bonchev–Trinajstić information content (AvgIpc) is 3.98. The molecule has 0 spiro atoms. The number of hydrogen-bond donors (Lipinski definition) is 6. The monoisotopic (exact) mass is 986 g/mol. The van der Waals surface area contributed by atoms with Crippen LogP contribution in [0.2, 0.25) is 0 Å². The van der Waals surface area contributed by atoms with Gasteiger partial charge < -0.3 is 55.9 Å². The maximum absolute atomic E-state index is 14.4. The first-order valence-corrected chi connectivity index (χ1v) is 24.6. The highest BCUT2D eigenvalue weighted by Crippen LogP contribution is 2.31. The summed E-state index contributed by atoms with van der Waals surface area (Å²) in [6.45, 7) is 15.4. The van der Waals surface area contributed by atoms with Crippen molar-refractivity contribution in [2.24, 2.45) is 5.41 Å². The van der Waals surface area contributed by atoms with Gasteiger partial charge in [-0.2, -0.15) is 5.10 Å². The number of fused-ring (bicyclic) bond motifs is 2. The first-order valence-electron chi connectivity index (χ1n) is 24.6. The zero-order valence-electron chi connectivity index (χ0n) is 42.3. The Bertz CT molecular complexity index is 2430. The molecule has 2 aliphatic heterocycles. The van der Waals surface area contributed by atoms with Crippen LogP contribution in [0.15, 0.2) is 67.0 Å². The van der Waals surface area contributed by atoms with Gasteiger partial charge in [0.1, 0.15) is 41.1 Å². The number of benzene rings is 2. The van der Waals surface area contributed by atoms with Crippen LogP contribution < -0.4 is 36.6 Å². The van der Waals surface area contributed by atoms with Crippen molar-refractivity contribution < 1.29 is 42.6 Å². The number of ether oxygens (including phenoxy) is 3. The van der Waals surface area contributed by atoms with Gasteiger partial charge in [0.2, 0.25) is 23.6 Å². The number of rotatable bonds is 21. The Hall–Kier alpha value is -6.22. The number of aromatic nitrogens is 3. The van der Waals surface area contributed by atoms with Crippen LogP contribution in [0.25, 0.3) is 5.65 Å². The lowest BCUT2D eigenvalue weighted by Crippen LogP contribution is -2.59. The third-order valence-electron chi connectivity index (χ3n) is 12.8. The van der Waals surface area contributed by atoms with Gasteiger partial charge in [-0.25, -0.2) is 13.9 Å². The lowest BCUT2D eigenvalue weighted by atomic mass is 9.85. The Morgan fingerprint density at radius 3 is 2.44 bits per heavy atom. The zero-order chi connectivity index (χ0) is 51.2. The fraction of sp³-hybridized carbons (Fsp3) is 0.549. The highest BCUT2D eigenvalue weighted by molar-refractivity contribution is 6.00. The Kier molecular flexibility index (Phi) is 19.2. The fourth-order valence-electron chi connectivity index (χ4n) is 8.68. The molecule has 4 heterocycles. The molecule has 6 rings (SSSR count). The van der Waals surface area contributed by atoms with Gasteiger partial charge in [0.25, 0.3) is 5.91 Å². The number of nitrogens with one attached hydrogen (secondary N) is 6. The van der Waals surface area contributed by atoms with Crippen molar-refractivity contribution in [1.82, 2.24) is 51.0 Å². The third-order valence-corrected chi connectivity index (χ3v) is 12.8. The number of likely N-dealkylation sites (N-methyl/N-ethyl adjacent to an activating group) is 1. The summed E-state index contributed by atoms with van der Waals surface area (Å²) in [5.74, 6) is -0.905. The fourth-order valence-corrected chi connectivity index (χ4v) is 8.68. The molecule has 4 aromatic rings. The van der Waals surface area contributed by atoms with Crippen molar-refractivity contribution in [2.75, 3.05) is 71.5 Å². The van der Waals surface area contributed by atoms with E-state index in [1.165, 1.54) is 22.8 Å².